The van der Waals surface area contributed by atoms with E-state index in [1.165, 1.54) is 0 Å². The van der Waals surface area contributed by atoms with Crippen molar-refractivity contribution in [3.63, 3.8) is 0 Å². The van der Waals surface area contributed by atoms with E-state index in [0.29, 0.717) is 35.3 Å². The molecule has 1 heterocycles. The number of likely N-dealkylation sites (N-methyl/N-ethyl adjacent to an activating group) is 1. The van der Waals surface area contributed by atoms with E-state index < -0.39 is 5.97 Å². The standard InChI is InChI=1S/C25H22N2O4/c1-2-27(16-18-9-5-3-6-10-18)23(28)17-30-25(29)20-13-14-22-21(15-20)24(31-26-22)19-11-7-4-8-12-19/h3-15H,2,16-17H2,1H3. The summed E-state index contributed by atoms with van der Waals surface area (Å²) in [7, 11) is 0. The molecule has 6 heteroatoms. The summed E-state index contributed by atoms with van der Waals surface area (Å²) in [6, 6.07) is 24.3. The first-order valence-corrected chi connectivity index (χ1v) is 10.1. The van der Waals surface area contributed by atoms with Crippen molar-refractivity contribution in [2.45, 2.75) is 13.5 Å². The molecular weight excluding hydrogens is 392 g/mol. The molecule has 31 heavy (non-hydrogen) atoms. The number of nitrogens with zero attached hydrogens (tertiary/aromatic N) is 2. The lowest BCUT2D eigenvalue weighted by atomic mass is 10.1. The van der Waals surface area contributed by atoms with Gasteiger partial charge in [0.1, 0.15) is 5.52 Å². The highest BCUT2D eigenvalue weighted by molar-refractivity contribution is 5.99. The zero-order valence-electron chi connectivity index (χ0n) is 17.2. The average Bonchev–Trinajstić information content (AvgIpc) is 3.25. The predicted molar refractivity (Wildman–Crippen MR) is 117 cm³/mol. The number of carbonyl (C=O) groups is 2. The van der Waals surface area contributed by atoms with Crippen molar-refractivity contribution in [3.8, 4) is 11.3 Å². The van der Waals surface area contributed by atoms with Crippen LogP contribution >= 0.6 is 0 Å². The molecule has 1 aromatic heterocycles. The highest BCUT2D eigenvalue weighted by atomic mass is 16.5. The van der Waals surface area contributed by atoms with Crippen LogP contribution in [0.15, 0.2) is 83.4 Å². The second-order valence-electron chi connectivity index (χ2n) is 7.08. The fourth-order valence-electron chi connectivity index (χ4n) is 3.35. The van der Waals surface area contributed by atoms with Gasteiger partial charge in [-0.2, -0.15) is 0 Å². The Hall–Kier alpha value is -3.93. The average molecular weight is 414 g/mol. The fraction of sp³-hybridized carbons (Fsp3) is 0.160. The van der Waals surface area contributed by atoms with Crippen LogP contribution < -0.4 is 0 Å². The molecule has 0 bridgehead atoms. The lowest BCUT2D eigenvalue weighted by Gasteiger charge is -2.20. The zero-order chi connectivity index (χ0) is 21.6. The van der Waals surface area contributed by atoms with Gasteiger partial charge >= 0.3 is 5.97 Å². The van der Waals surface area contributed by atoms with Crippen LogP contribution in [-0.4, -0.2) is 35.1 Å². The second kappa shape index (κ2) is 9.26. The second-order valence-corrected chi connectivity index (χ2v) is 7.08. The Bertz CT molecular complexity index is 1190. The molecule has 0 radical (unpaired) electrons. The lowest BCUT2D eigenvalue weighted by molar-refractivity contribution is -0.134. The number of rotatable bonds is 7. The van der Waals surface area contributed by atoms with Crippen molar-refractivity contribution in [3.05, 3.63) is 90.0 Å². The van der Waals surface area contributed by atoms with Gasteiger partial charge in [-0.25, -0.2) is 4.79 Å². The van der Waals surface area contributed by atoms with Gasteiger partial charge < -0.3 is 14.2 Å². The van der Waals surface area contributed by atoms with Crippen LogP contribution in [0.25, 0.3) is 22.2 Å². The van der Waals surface area contributed by atoms with E-state index in [-0.39, 0.29) is 12.5 Å². The van der Waals surface area contributed by atoms with Gasteiger partial charge in [0.2, 0.25) is 0 Å². The first kappa shape index (κ1) is 20.3. The Morgan fingerprint density at radius 1 is 0.968 bits per heavy atom. The highest BCUT2D eigenvalue weighted by Gasteiger charge is 2.18. The number of hydrogen-bond acceptors (Lipinski definition) is 5. The molecule has 0 spiro atoms. The minimum absolute atomic E-state index is 0.240. The normalized spacial score (nSPS) is 10.7. The van der Waals surface area contributed by atoms with E-state index in [1.807, 2.05) is 67.6 Å². The Balaban J connectivity index is 1.45. The van der Waals surface area contributed by atoms with Crippen molar-refractivity contribution in [2.75, 3.05) is 13.2 Å². The van der Waals surface area contributed by atoms with Crippen LogP contribution in [-0.2, 0) is 16.1 Å². The Morgan fingerprint density at radius 3 is 2.39 bits per heavy atom. The van der Waals surface area contributed by atoms with Gasteiger partial charge in [-0.1, -0.05) is 65.8 Å². The predicted octanol–water partition coefficient (Wildman–Crippen LogP) is 4.70. The summed E-state index contributed by atoms with van der Waals surface area (Å²) in [5.74, 6) is -0.219. The Morgan fingerprint density at radius 2 is 1.68 bits per heavy atom. The quantitative estimate of drug-likeness (QED) is 0.410. The lowest BCUT2D eigenvalue weighted by Crippen LogP contribution is -2.34. The summed E-state index contributed by atoms with van der Waals surface area (Å²) in [6.07, 6.45) is 0. The van der Waals surface area contributed by atoms with Crippen LogP contribution in [0.3, 0.4) is 0 Å². The van der Waals surface area contributed by atoms with Crippen LogP contribution in [0.2, 0.25) is 0 Å². The molecule has 4 aromatic rings. The molecule has 0 N–H and O–H groups in total. The summed E-state index contributed by atoms with van der Waals surface area (Å²) in [6.45, 7) is 2.58. The third kappa shape index (κ3) is 4.64. The first-order valence-electron chi connectivity index (χ1n) is 10.1. The molecule has 0 atom stereocenters. The number of benzene rings is 3. The van der Waals surface area contributed by atoms with Gasteiger partial charge in [-0.3, -0.25) is 4.79 Å². The van der Waals surface area contributed by atoms with Crippen molar-refractivity contribution in [1.82, 2.24) is 10.1 Å². The maximum atomic E-state index is 12.6. The zero-order valence-corrected chi connectivity index (χ0v) is 17.2. The highest BCUT2D eigenvalue weighted by Crippen LogP contribution is 2.29. The van der Waals surface area contributed by atoms with E-state index >= 15 is 0 Å². The number of aromatic nitrogens is 1. The van der Waals surface area contributed by atoms with Crippen molar-refractivity contribution >= 4 is 22.8 Å². The van der Waals surface area contributed by atoms with Gasteiger partial charge in [-0.05, 0) is 30.7 Å². The summed E-state index contributed by atoms with van der Waals surface area (Å²) in [5, 5.41) is 4.77. The van der Waals surface area contributed by atoms with Gasteiger partial charge in [0, 0.05) is 18.7 Å². The summed E-state index contributed by atoms with van der Waals surface area (Å²) < 4.78 is 10.8. The maximum absolute atomic E-state index is 12.6. The molecule has 0 fully saturated rings. The SMILES string of the molecule is CCN(Cc1ccccc1)C(=O)COC(=O)c1ccc2noc(-c3ccccc3)c2c1. The molecule has 1 amide bonds. The molecule has 0 unspecified atom stereocenters. The monoisotopic (exact) mass is 414 g/mol. The minimum atomic E-state index is -0.564. The Kier molecular flexibility index (Phi) is 6.08. The molecule has 4 rings (SSSR count). The largest absolute Gasteiger partial charge is 0.452 e. The smallest absolute Gasteiger partial charge is 0.338 e. The van der Waals surface area contributed by atoms with E-state index in [1.54, 1.807) is 23.1 Å². The molecule has 156 valence electrons. The third-order valence-electron chi connectivity index (χ3n) is 5.03. The van der Waals surface area contributed by atoms with Crippen LogP contribution in [0.1, 0.15) is 22.8 Å². The Labute approximate surface area is 180 Å². The number of fused-ring (bicyclic) bond motifs is 1. The van der Waals surface area contributed by atoms with Gasteiger partial charge in [-0.15, -0.1) is 0 Å². The first-order chi connectivity index (χ1) is 15.2. The summed E-state index contributed by atoms with van der Waals surface area (Å²) in [4.78, 5) is 26.8. The van der Waals surface area contributed by atoms with E-state index in [4.69, 9.17) is 9.26 Å². The van der Waals surface area contributed by atoms with Crippen LogP contribution in [0, 0.1) is 0 Å². The minimum Gasteiger partial charge on any atom is -0.452 e. The maximum Gasteiger partial charge on any atom is 0.338 e. The molecule has 0 saturated carbocycles. The summed E-state index contributed by atoms with van der Waals surface area (Å²) in [5.41, 5.74) is 2.87. The molecular formula is C25H22N2O4. The van der Waals surface area contributed by atoms with Gasteiger partial charge in [0.05, 0.1) is 10.9 Å². The third-order valence-corrected chi connectivity index (χ3v) is 5.03. The molecule has 6 nitrogen and oxygen atoms in total. The number of carbonyl (C=O) groups excluding carboxylic acids is 2. The molecule has 0 aliphatic heterocycles. The van der Waals surface area contributed by atoms with Crippen LogP contribution in [0.5, 0.6) is 0 Å². The number of amides is 1. The van der Waals surface area contributed by atoms with E-state index in [2.05, 4.69) is 5.16 Å². The number of ether oxygens (including phenoxy) is 1. The van der Waals surface area contributed by atoms with E-state index in [9.17, 15) is 9.59 Å². The molecule has 0 saturated heterocycles. The van der Waals surface area contributed by atoms with Gasteiger partial charge in [0.25, 0.3) is 5.91 Å². The van der Waals surface area contributed by atoms with Crippen molar-refractivity contribution in [1.29, 1.82) is 0 Å². The fourth-order valence-corrected chi connectivity index (χ4v) is 3.35. The van der Waals surface area contributed by atoms with Crippen molar-refractivity contribution < 1.29 is 18.8 Å². The van der Waals surface area contributed by atoms with Crippen molar-refractivity contribution in [2.24, 2.45) is 0 Å². The molecule has 0 aliphatic carbocycles. The molecule has 0 aliphatic rings. The number of esters is 1. The van der Waals surface area contributed by atoms with Gasteiger partial charge in [0.15, 0.2) is 12.4 Å². The molecule has 3 aromatic carbocycles. The number of hydrogen-bond donors (Lipinski definition) is 0. The summed E-state index contributed by atoms with van der Waals surface area (Å²) >= 11 is 0. The van der Waals surface area contributed by atoms with Crippen LogP contribution in [0.4, 0.5) is 0 Å². The van der Waals surface area contributed by atoms with E-state index in [0.717, 1.165) is 11.1 Å². The topological polar surface area (TPSA) is 72.6 Å².